The summed E-state index contributed by atoms with van der Waals surface area (Å²) in [5.41, 5.74) is 1.32. The highest BCUT2D eigenvalue weighted by Gasteiger charge is 2.19. The Balaban J connectivity index is 2.15. The first-order valence-corrected chi connectivity index (χ1v) is 7.24. The number of carbonyl (C=O) groups is 1. The van der Waals surface area contributed by atoms with Crippen LogP contribution in [-0.2, 0) is 0 Å². The lowest BCUT2D eigenvalue weighted by Gasteiger charge is -2.25. The summed E-state index contributed by atoms with van der Waals surface area (Å²) in [7, 11) is 1.71. The van der Waals surface area contributed by atoms with Crippen LogP contribution < -0.4 is 0 Å². The highest BCUT2D eigenvalue weighted by Crippen LogP contribution is 2.21. The van der Waals surface area contributed by atoms with Crippen molar-refractivity contribution in [1.82, 2.24) is 14.9 Å². The molecule has 0 N–H and O–H groups in total. The molecule has 116 valence electrons. The van der Waals surface area contributed by atoms with Crippen molar-refractivity contribution < 1.29 is 9.18 Å². The molecule has 1 atom stereocenters. The Morgan fingerprint density at radius 1 is 1.09 bits per heavy atom. The largest absolute Gasteiger partial charge is 0.335 e. The van der Waals surface area contributed by atoms with Gasteiger partial charge in [0.1, 0.15) is 11.6 Å². The van der Waals surface area contributed by atoms with Crippen molar-refractivity contribution in [2.45, 2.75) is 32.7 Å². The predicted molar refractivity (Wildman–Crippen MR) is 83.0 cm³/mol. The topological polar surface area (TPSA) is 46.1 Å². The number of aromatic nitrogens is 2. The Bertz CT molecular complexity index is 638. The van der Waals surface area contributed by atoms with E-state index in [1.807, 2.05) is 20.8 Å². The van der Waals surface area contributed by atoms with E-state index in [2.05, 4.69) is 9.97 Å². The van der Waals surface area contributed by atoms with Crippen LogP contribution >= 0.6 is 0 Å². The van der Waals surface area contributed by atoms with Crippen molar-refractivity contribution in [3.05, 3.63) is 59.4 Å². The molecule has 22 heavy (non-hydrogen) atoms. The molecule has 5 heteroatoms. The molecule has 0 aliphatic heterocycles. The van der Waals surface area contributed by atoms with Crippen molar-refractivity contribution in [2.75, 3.05) is 7.05 Å². The maximum Gasteiger partial charge on any atom is 0.257 e. The van der Waals surface area contributed by atoms with Gasteiger partial charge in [-0.2, -0.15) is 0 Å². The van der Waals surface area contributed by atoms with E-state index >= 15 is 0 Å². The molecule has 0 bridgehead atoms. The third-order valence-corrected chi connectivity index (χ3v) is 3.69. The second kappa shape index (κ2) is 6.64. The molecule has 0 fully saturated rings. The van der Waals surface area contributed by atoms with Crippen molar-refractivity contribution in [3.63, 3.8) is 0 Å². The Morgan fingerprint density at radius 2 is 1.64 bits per heavy atom. The number of benzene rings is 1. The van der Waals surface area contributed by atoms with Crippen LogP contribution in [0.1, 0.15) is 54.5 Å². The van der Waals surface area contributed by atoms with E-state index in [0.717, 1.165) is 5.56 Å². The molecule has 0 radical (unpaired) electrons. The quantitative estimate of drug-likeness (QED) is 0.867. The fourth-order valence-corrected chi connectivity index (χ4v) is 2.09. The van der Waals surface area contributed by atoms with Crippen LogP contribution in [0.3, 0.4) is 0 Å². The minimum Gasteiger partial charge on any atom is -0.335 e. The molecule has 0 aliphatic rings. The molecule has 1 aromatic carbocycles. The molecule has 0 saturated heterocycles. The first kappa shape index (κ1) is 16.1. The number of carbonyl (C=O) groups excluding carboxylic acids is 1. The van der Waals surface area contributed by atoms with Crippen LogP contribution in [0.15, 0.2) is 36.7 Å². The zero-order chi connectivity index (χ0) is 16.3. The van der Waals surface area contributed by atoms with E-state index in [9.17, 15) is 9.18 Å². The summed E-state index contributed by atoms with van der Waals surface area (Å²) in [5.74, 6) is 0.487. The van der Waals surface area contributed by atoms with E-state index in [1.165, 1.54) is 12.1 Å². The molecule has 1 heterocycles. The molecule has 1 amide bonds. The van der Waals surface area contributed by atoms with Crippen LogP contribution in [0.4, 0.5) is 4.39 Å². The van der Waals surface area contributed by atoms with Gasteiger partial charge in [0.25, 0.3) is 5.91 Å². The van der Waals surface area contributed by atoms with Crippen molar-refractivity contribution >= 4 is 5.91 Å². The number of halogens is 1. The van der Waals surface area contributed by atoms with E-state index in [-0.39, 0.29) is 23.7 Å². The monoisotopic (exact) mass is 301 g/mol. The minimum atomic E-state index is -0.289. The fraction of sp³-hybridized carbons (Fsp3) is 0.353. The second-order valence-corrected chi connectivity index (χ2v) is 5.63. The van der Waals surface area contributed by atoms with Crippen LogP contribution in [0.5, 0.6) is 0 Å². The standard InChI is InChI=1S/C17H20FN3O/c1-11(2)16-19-9-14(10-20-16)17(22)21(4)12(3)13-5-7-15(18)8-6-13/h5-12H,1-4H3. The van der Waals surface area contributed by atoms with Gasteiger partial charge >= 0.3 is 0 Å². The molecule has 2 aromatic rings. The molecule has 0 aliphatic carbocycles. The van der Waals surface area contributed by atoms with E-state index in [0.29, 0.717) is 11.4 Å². The van der Waals surface area contributed by atoms with Crippen LogP contribution in [-0.4, -0.2) is 27.8 Å². The molecule has 4 nitrogen and oxygen atoms in total. The Hall–Kier alpha value is -2.30. The number of rotatable bonds is 4. The molecule has 1 aromatic heterocycles. The lowest BCUT2D eigenvalue weighted by atomic mass is 10.1. The molecular formula is C17H20FN3O. The van der Waals surface area contributed by atoms with Gasteiger partial charge in [-0.3, -0.25) is 4.79 Å². The van der Waals surface area contributed by atoms with Crippen LogP contribution in [0.25, 0.3) is 0 Å². The van der Waals surface area contributed by atoms with E-state index in [1.54, 1.807) is 36.5 Å². The van der Waals surface area contributed by atoms with Crippen molar-refractivity contribution in [1.29, 1.82) is 0 Å². The van der Waals surface area contributed by atoms with Gasteiger partial charge in [-0.15, -0.1) is 0 Å². The molecule has 0 spiro atoms. The minimum absolute atomic E-state index is 0.160. The Morgan fingerprint density at radius 3 is 2.14 bits per heavy atom. The summed E-state index contributed by atoms with van der Waals surface area (Å²) in [6.07, 6.45) is 3.11. The van der Waals surface area contributed by atoms with Gasteiger partial charge in [-0.25, -0.2) is 14.4 Å². The molecule has 1 unspecified atom stereocenters. The summed E-state index contributed by atoms with van der Waals surface area (Å²) < 4.78 is 13.0. The molecule has 2 rings (SSSR count). The lowest BCUT2D eigenvalue weighted by molar-refractivity contribution is 0.0741. The first-order valence-electron chi connectivity index (χ1n) is 7.24. The van der Waals surface area contributed by atoms with E-state index < -0.39 is 0 Å². The van der Waals surface area contributed by atoms with Gasteiger partial charge in [0.15, 0.2) is 0 Å². The van der Waals surface area contributed by atoms with Gasteiger partial charge in [0.05, 0.1) is 11.6 Å². The summed E-state index contributed by atoms with van der Waals surface area (Å²) in [5, 5.41) is 0. The van der Waals surface area contributed by atoms with Gasteiger partial charge in [-0.1, -0.05) is 26.0 Å². The maximum atomic E-state index is 13.0. The molecule has 0 saturated carbocycles. The zero-order valence-electron chi connectivity index (χ0n) is 13.2. The van der Waals surface area contributed by atoms with Crippen LogP contribution in [0.2, 0.25) is 0 Å². The lowest BCUT2D eigenvalue weighted by Crippen LogP contribution is -2.30. The normalized spacial score (nSPS) is 12.3. The number of hydrogen-bond acceptors (Lipinski definition) is 3. The summed E-state index contributed by atoms with van der Waals surface area (Å²) in [4.78, 5) is 22.5. The number of amides is 1. The SMILES string of the molecule is CC(C)c1ncc(C(=O)N(C)C(C)c2ccc(F)cc2)cn1. The Kier molecular flexibility index (Phi) is 4.85. The highest BCUT2D eigenvalue weighted by atomic mass is 19.1. The predicted octanol–water partition coefficient (Wildman–Crippen LogP) is 3.57. The summed E-state index contributed by atoms with van der Waals surface area (Å²) >= 11 is 0. The fourth-order valence-electron chi connectivity index (χ4n) is 2.09. The van der Waals surface area contributed by atoms with E-state index in [4.69, 9.17) is 0 Å². The third-order valence-electron chi connectivity index (χ3n) is 3.69. The molecular weight excluding hydrogens is 281 g/mol. The maximum absolute atomic E-state index is 13.0. The van der Waals surface area contributed by atoms with Gasteiger partial charge in [0.2, 0.25) is 0 Å². The average Bonchev–Trinajstić information content (AvgIpc) is 2.53. The summed E-state index contributed by atoms with van der Waals surface area (Å²) in [6, 6.07) is 5.98. The third kappa shape index (κ3) is 3.47. The first-order chi connectivity index (χ1) is 10.4. The Labute approximate surface area is 130 Å². The van der Waals surface area contributed by atoms with Gasteiger partial charge in [-0.05, 0) is 24.6 Å². The second-order valence-electron chi connectivity index (χ2n) is 5.63. The number of hydrogen-bond donors (Lipinski definition) is 0. The average molecular weight is 301 g/mol. The zero-order valence-corrected chi connectivity index (χ0v) is 13.2. The van der Waals surface area contributed by atoms with Gasteiger partial charge < -0.3 is 4.90 Å². The summed E-state index contributed by atoms with van der Waals surface area (Å²) in [6.45, 7) is 5.90. The van der Waals surface area contributed by atoms with Crippen LogP contribution in [0, 0.1) is 5.82 Å². The van der Waals surface area contributed by atoms with Crippen molar-refractivity contribution in [2.24, 2.45) is 0 Å². The van der Waals surface area contributed by atoms with Crippen molar-refractivity contribution in [3.8, 4) is 0 Å². The number of nitrogens with zero attached hydrogens (tertiary/aromatic N) is 3. The smallest absolute Gasteiger partial charge is 0.257 e. The van der Waals surface area contributed by atoms with Gasteiger partial charge in [0, 0.05) is 25.4 Å². The highest BCUT2D eigenvalue weighted by molar-refractivity contribution is 5.93.